The predicted octanol–water partition coefficient (Wildman–Crippen LogP) is 1.08. The van der Waals surface area contributed by atoms with E-state index in [1.165, 1.54) is 0 Å². The van der Waals surface area contributed by atoms with Crippen LogP contribution in [-0.2, 0) is 0 Å². The van der Waals surface area contributed by atoms with Crippen molar-refractivity contribution in [1.82, 2.24) is 0 Å². The third-order valence-electron chi connectivity index (χ3n) is 1.35. The summed E-state index contributed by atoms with van der Waals surface area (Å²) >= 11 is 0. The van der Waals surface area contributed by atoms with Crippen LogP contribution in [0.2, 0.25) is 0 Å². The average Bonchev–Trinajstić information content (AvgIpc) is 2.38. The van der Waals surface area contributed by atoms with Gasteiger partial charge in [0, 0.05) is 6.61 Å². The van der Waals surface area contributed by atoms with E-state index in [9.17, 15) is 0 Å². The fourth-order valence-corrected chi connectivity index (χ4v) is 0.784. The Labute approximate surface area is 71.6 Å². The molecule has 0 saturated carbocycles. The van der Waals surface area contributed by atoms with Gasteiger partial charge in [-0.2, -0.15) is 0 Å². The number of nitrogens with two attached hydrogens (primary N) is 1. The van der Waals surface area contributed by atoms with Crippen molar-refractivity contribution >= 4 is 12.4 Å². The van der Waals surface area contributed by atoms with Crippen molar-refractivity contribution in [3.8, 4) is 0 Å². The lowest BCUT2D eigenvalue weighted by molar-refractivity contribution is 0.268. The molecule has 0 aliphatic heterocycles. The zero-order valence-electron chi connectivity index (χ0n) is 6.06. The normalized spacial score (nSPS) is 12.2. The molecule has 64 valence electrons. The molecule has 1 unspecified atom stereocenters. The van der Waals surface area contributed by atoms with Crippen LogP contribution in [0.1, 0.15) is 18.2 Å². The Morgan fingerprint density at radius 3 is 2.82 bits per heavy atom. The molecule has 1 heterocycles. The van der Waals surface area contributed by atoms with Gasteiger partial charge in [0.2, 0.25) is 0 Å². The Morgan fingerprint density at radius 1 is 1.64 bits per heavy atom. The second-order valence-corrected chi connectivity index (χ2v) is 2.13. The first-order chi connectivity index (χ1) is 4.84. The Morgan fingerprint density at radius 2 is 2.36 bits per heavy atom. The Bertz CT molecular complexity index is 177. The summed E-state index contributed by atoms with van der Waals surface area (Å²) in [5, 5.41) is 8.51. The molecule has 1 rings (SSSR count). The van der Waals surface area contributed by atoms with Crippen molar-refractivity contribution in [2.45, 2.75) is 12.5 Å². The van der Waals surface area contributed by atoms with Crippen LogP contribution in [0.25, 0.3) is 0 Å². The van der Waals surface area contributed by atoms with Gasteiger partial charge >= 0.3 is 0 Å². The van der Waals surface area contributed by atoms with Crippen molar-refractivity contribution in [1.29, 1.82) is 0 Å². The number of halogens is 1. The van der Waals surface area contributed by atoms with Gasteiger partial charge in [0.1, 0.15) is 5.76 Å². The minimum absolute atomic E-state index is 0. The summed E-state index contributed by atoms with van der Waals surface area (Å²) in [7, 11) is 0. The number of aliphatic hydroxyl groups excluding tert-OH is 1. The van der Waals surface area contributed by atoms with E-state index in [2.05, 4.69) is 0 Å². The van der Waals surface area contributed by atoms with Crippen LogP contribution in [0.5, 0.6) is 0 Å². The molecule has 0 spiro atoms. The monoisotopic (exact) mass is 177 g/mol. The van der Waals surface area contributed by atoms with Crippen LogP contribution in [0.15, 0.2) is 22.8 Å². The van der Waals surface area contributed by atoms with Crippen LogP contribution in [0.4, 0.5) is 0 Å². The van der Waals surface area contributed by atoms with E-state index in [0.717, 1.165) is 5.76 Å². The second-order valence-electron chi connectivity index (χ2n) is 2.13. The number of hydrogen-bond donors (Lipinski definition) is 2. The third kappa shape index (κ3) is 2.93. The van der Waals surface area contributed by atoms with Crippen LogP contribution in [0, 0.1) is 0 Å². The first kappa shape index (κ1) is 10.5. The van der Waals surface area contributed by atoms with E-state index in [0.29, 0.717) is 6.42 Å². The maximum Gasteiger partial charge on any atom is 0.120 e. The summed E-state index contributed by atoms with van der Waals surface area (Å²) in [5.41, 5.74) is 5.60. The minimum atomic E-state index is -0.167. The molecular weight excluding hydrogens is 166 g/mol. The Balaban J connectivity index is 0.000001000. The van der Waals surface area contributed by atoms with Gasteiger partial charge in [-0.1, -0.05) is 0 Å². The predicted molar refractivity (Wildman–Crippen MR) is 44.6 cm³/mol. The zero-order valence-corrected chi connectivity index (χ0v) is 6.88. The number of aliphatic hydroxyl groups is 1. The average molecular weight is 178 g/mol. The summed E-state index contributed by atoms with van der Waals surface area (Å²) < 4.78 is 5.01. The van der Waals surface area contributed by atoms with Gasteiger partial charge in [0.25, 0.3) is 0 Å². The molecule has 1 atom stereocenters. The molecule has 0 aromatic carbocycles. The van der Waals surface area contributed by atoms with Gasteiger partial charge < -0.3 is 15.3 Å². The van der Waals surface area contributed by atoms with E-state index in [1.807, 2.05) is 0 Å². The topological polar surface area (TPSA) is 59.4 Å². The molecule has 0 aliphatic carbocycles. The lowest BCUT2D eigenvalue weighted by atomic mass is 10.2. The molecule has 3 nitrogen and oxygen atoms in total. The van der Waals surface area contributed by atoms with Gasteiger partial charge in [-0.05, 0) is 18.6 Å². The molecule has 0 amide bonds. The summed E-state index contributed by atoms with van der Waals surface area (Å²) in [6.07, 6.45) is 2.13. The first-order valence-electron chi connectivity index (χ1n) is 3.24. The van der Waals surface area contributed by atoms with Crippen LogP contribution >= 0.6 is 12.4 Å². The summed E-state index contributed by atoms with van der Waals surface area (Å²) in [4.78, 5) is 0. The molecule has 0 aliphatic rings. The van der Waals surface area contributed by atoms with Crippen molar-refractivity contribution in [3.63, 3.8) is 0 Å². The lowest BCUT2D eigenvalue weighted by Crippen LogP contribution is -2.10. The van der Waals surface area contributed by atoms with E-state index >= 15 is 0 Å². The Hall–Kier alpha value is -0.510. The maximum absolute atomic E-state index is 8.51. The molecule has 1 aromatic rings. The van der Waals surface area contributed by atoms with Crippen molar-refractivity contribution in [2.24, 2.45) is 5.73 Å². The smallest absolute Gasteiger partial charge is 0.120 e. The molecule has 0 bridgehead atoms. The highest BCUT2D eigenvalue weighted by Gasteiger charge is 2.06. The summed E-state index contributed by atoms with van der Waals surface area (Å²) in [5.74, 6) is 0.731. The molecule has 0 fully saturated rings. The van der Waals surface area contributed by atoms with E-state index < -0.39 is 0 Å². The second kappa shape index (κ2) is 5.18. The lowest BCUT2D eigenvalue weighted by Gasteiger charge is -2.04. The molecule has 0 saturated heterocycles. The van der Waals surface area contributed by atoms with E-state index in [1.54, 1.807) is 18.4 Å². The minimum Gasteiger partial charge on any atom is -0.468 e. The van der Waals surface area contributed by atoms with Gasteiger partial charge in [-0.3, -0.25) is 0 Å². The fourth-order valence-electron chi connectivity index (χ4n) is 0.784. The van der Waals surface area contributed by atoms with E-state index in [4.69, 9.17) is 15.3 Å². The van der Waals surface area contributed by atoms with E-state index in [-0.39, 0.29) is 25.1 Å². The highest BCUT2D eigenvalue weighted by Crippen LogP contribution is 2.12. The molecule has 1 aromatic heterocycles. The SMILES string of the molecule is Cl.NC(CCO)c1ccco1. The van der Waals surface area contributed by atoms with Crippen LogP contribution in [0.3, 0.4) is 0 Å². The third-order valence-corrected chi connectivity index (χ3v) is 1.35. The maximum atomic E-state index is 8.51. The largest absolute Gasteiger partial charge is 0.468 e. The van der Waals surface area contributed by atoms with Crippen molar-refractivity contribution in [3.05, 3.63) is 24.2 Å². The summed E-state index contributed by atoms with van der Waals surface area (Å²) in [6, 6.07) is 3.42. The van der Waals surface area contributed by atoms with Gasteiger partial charge in [0.05, 0.1) is 12.3 Å². The van der Waals surface area contributed by atoms with Gasteiger partial charge in [0.15, 0.2) is 0 Å². The molecule has 3 N–H and O–H groups in total. The molecule has 0 radical (unpaired) electrons. The van der Waals surface area contributed by atoms with Gasteiger partial charge in [-0.15, -0.1) is 12.4 Å². The zero-order chi connectivity index (χ0) is 7.40. The molecular formula is C7H12ClNO2. The highest BCUT2D eigenvalue weighted by atomic mass is 35.5. The summed E-state index contributed by atoms with van der Waals surface area (Å²) in [6.45, 7) is 0.0991. The van der Waals surface area contributed by atoms with Gasteiger partial charge in [-0.25, -0.2) is 0 Å². The fraction of sp³-hybridized carbons (Fsp3) is 0.429. The number of rotatable bonds is 3. The number of furan rings is 1. The first-order valence-corrected chi connectivity index (χ1v) is 3.24. The van der Waals surface area contributed by atoms with Crippen LogP contribution in [-0.4, -0.2) is 11.7 Å². The quantitative estimate of drug-likeness (QED) is 0.727. The highest BCUT2D eigenvalue weighted by molar-refractivity contribution is 5.85. The van der Waals surface area contributed by atoms with Crippen molar-refractivity contribution in [2.75, 3.05) is 6.61 Å². The molecule has 11 heavy (non-hydrogen) atoms. The van der Waals surface area contributed by atoms with Crippen molar-refractivity contribution < 1.29 is 9.52 Å². The van der Waals surface area contributed by atoms with Crippen LogP contribution < -0.4 is 5.73 Å². The Kier molecular flexibility index (Phi) is 4.94. The number of hydrogen-bond acceptors (Lipinski definition) is 3. The molecule has 4 heteroatoms. The standard InChI is InChI=1S/C7H11NO2.ClH/c8-6(3-4-9)7-2-1-5-10-7;/h1-2,5-6,9H,3-4,8H2;1H.